The minimum Gasteiger partial charge on any atom is -0.507 e. The van der Waals surface area contributed by atoms with Crippen LogP contribution in [0.25, 0.3) is 0 Å². The van der Waals surface area contributed by atoms with E-state index >= 15 is 0 Å². The van der Waals surface area contributed by atoms with E-state index < -0.39 is 11.2 Å². The van der Waals surface area contributed by atoms with Gasteiger partial charge in [0, 0.05) is 22.5 Å². The van der Waals surface area contributed by atoms with Crippen molar-refractivity contribution in [3.05, 3.63) is 55.3 Å². The molecule has 0 unspecified atom stereocenters. The Balaban J connectivity index is 2.46. The molecule has 0 aliphatic carbocycles. The lowest BCUT2D eigenvalue weighted by atomic mass is 10.2. The first-order chi connectivity index (χ1) is 8.97. The molecule has 7 heteroatoms. The molecule has 0 aliphatic heterocycles. The van der Waals surface area contributed by atoms with Crippen LogP contribution in [0, 0.1) is 6.92 Å². The summed E-state index contributed by atoms with van der Waals surface area (Å²) in [5, 5.41) is 10.0. The fourth-order valence-electron chi connectivity index (χ4n) is 1.51. The van der Waals surface area contributed by atoms with Crippen LogP contribution in [0.15, 0.2) is 32.8 Å². The third-order valence-corrected chi connectivity index (χ3v) is 2.66. The fraction of sp³-hybridized carbons (Fsp3) is 0.0833. The number of aromatic nitrogens is 2. The van der Waals surface area contributed by atoms with Crippen LogP contribution in [0.3, 0.4) is 0 Å². The molecular weight excluding hydrogens is 270 g/mol. The van der Waals surface area contributed by atoms with Crippen molar-refractivity contribution in [1.82, 2.24) is 9.97 Å². The molecule has 0 saturated carbocycles. The van der Waals surface area contributed by atoms with Gasteiger partial charge in [-0.2, -0.15) is 0 Å². The SMILES string of the molecule is Cc1[nH]c(=O)[nH]c(=O)c1/N=C/c1cc(Cl)ccc1O. The van der Waals surface area contributed by atoms with Crippen LogP contribution in [0.5, 0.6) is 5.75 Å². The molecular formula is C12H10ClN3O3. The molecule has 1 heterocycles. The summed E-state index contributed by atoms with van der Waals surface area (Å²) in [7, 11) is 0. The van der Waals surface area contributed by atoms with Crippen molar-refractivity contribution < 1.29 is 5.11 Å². The Hall–Kier alpha value is -2.34. The minimum atomic E-state index is -0.598. The third-order valence-electron chi connectivity index (χ3n) is 2.42. The van der Waals surface area contributed by atoms with E-state index in [1.807, 2.05) is 0 Å². The van der Waals surface area contributed by atoms with Crippen molar-refractivity contribution in [3.8, 4) is 5.75 Å². The Morgan fingerprint density at radius 3 is 2.74 bits per heavy atom. The monoisotopic (exact) mass is 279 g/mol. The van der Waals surface area contributed by atoms with Crippen LogP contribution in [-0.4, -0.2) is 21.3 Å². The van der Waals surface area contributed by atoms with Crippen LogP contribution in [0.4, 0.5) is 5.69 Å². The van der Waals surface area contributed by atoms with Gasteiger partial charge in [-0.05, 0) is 25.1 Å². The highest BCUT2D eigenvalue weighted by Crippen LogP contribution is 2.20. The number of benzene rings is 1. The van der Waals surface area contributed by atoms with Gasteiger partial charge in [0.05, 0.1) is 0 Å². The Kier molecular flexibility index (Phi) is 3.52. The summed E-state index contributed by atoms with van der Waals surface area (Å²) in [6.45, 7) is 1.56. The lowest BCUT2D eigenvalue weighted by Crippen LogP contribution is -2.22. The van der Waals surface area contributed by atoms with Crippen LogP contribution in [0.1, 0.15) is 11.3 Å². The Morgan fingerprint density at radius 1 is 1.32 bits per heavy atom. The predicted octanol–water partition coefficient (Wildman–Crippen LogP) is 1.48. The zero-order valence-corrected chi connectivity index (χ0v) is 10.7. The highest BCUT2D eigenvalue weighted by Gasteiger charge is 2.04. The van der Waals surface area contributed by atoms with Crippen molar-refractivity contribution in [2.45, 2.75) is 6.92 Å². The molecule has 3 N–H and O–H groups in total. The van der Waals surface area contributed by atoms with Crippen molar-refractivity contribution in [3.63, 3.8) is 0 Å². The fourth-order valence-corrected chi connectivity index (χ4v) is 1.69. The summed E-state index contributed by atoms with van der Waals surface area (Å²) in [6.07, 6.45) is 1.30. The third kappa shape index (κ3) is 2.92. The zero-order chi connectivity index (χ0) is 14.0. The maximum absolute atomic E-state index is 11.6. The van der Waals surface area contributed by atoms with E-state index in [1.165, 1.54) is 24.4 Å². The maximum atomic E-state index is 11.6. The molecule has 0 bridgehead atoms. The van der Waals surface area contributed by atoms with Gasteiger partial charge in [0.1, 0.15) is 11.4 Å². The molecule has 0 saturated heterocycles. The molecule has 0 aliphatic rings. The summed E-state index contributed by atoms with van der Waals surface area (Å²) >= 11 is 5.79. The first kappa shape index (κ1) is 13.1. The minimum absolute atomic E-state index is 0.00773. The molecule has 2 aromatic rings. The predicted molar refractivity (Wildman–Crippen MR) is 72.8 cm³/mol. The average Bonchev–Trinajstić information content (AvgIpc) is 2.32. The van der Waals surface area contributed by atoms with Gasteiger partial charge in [-0.15, -0.1) is 0 Å². The second kappa shape index (κ2) is 5.11. The lowest BCUT2D eigenvalue weighted by molar-refractivity contribution is 0.474. The van der Waals surface area contributed by atoms with Gasteiger partial charge in [-0.1, -0.05) is 11.6 Å². The van der Waals surface area contributed by atoms with Crippen molar-refractivity contribution in [1.29, 1.82) is 0 Å². The number of phenols is 1. The van der Waals surface area contributed by atoms with Crippen molar-refractivity contribution >= 4 is 23.5 Å². The number of rotatable bonds is 2. The molecule has 6 nitrogen and oxygen atoms in total. The van der Waals surface area contributed by atoms with Gasteiger partial charge >= 0.3 is 5.69 Å². The zero-order valence-electron chi connectivity index (χ0n) is 9.90. The summed E-state index contributed by atoms with van der Waals surface area (Å²) in [5.41, 5.74) is -0.408. The number of H-pyrrole nitrogens is 2. The lowest BCUT2D eigenvalue weighted by Gasteiger charge is -2.00. The Morgan fingerprint density at radius 2 is 2.05 bits per heavy atom. The summed E-state index contributed by atoms with van der Waals surface area (Å²) in [5.74, 6) is -0.00773. The number of nitrogens with zero attached hydrogens (tertiary/aromatic N) is 1. The van der Waals surface area contributed by atoms with E-state index in [2.05, 4.69) is 15.0 Å². The number of hydrogen-bond acceptors (Lipinski definition) is 4. The van der Waals surface area contributed by atoms with Gasteiger partial charge in [0.15, 0.2) is 0 Å². The number of aliphatic imine (C=N–C) groups is 1. The molecule has 1 aromatic carbocycles. The van der Waals surface area contributed by atoms with Crippen LogP contribution < -0.4 is 11.2 Å². The summed E-state index contributed by atoms with van der Waals surface area (Å²) in [6, 6.07) is 4.47. The van der Waals surface area contributed by atoms with Crippen molar-refractivity contribution in [2.75, 3.05) is 0 Å². The molecule has 19 heavy (non-hydrogen) atoms. The highest BCUT2D eigenvalue weighted by atomic mass is 35.5. The summed E-state index contributed by atoms with van der Waals surface area (Å²) in [4.78, 5) is 31.0. The molecule has 0 radical (unpaired) electrons. The number of aromatic amines is 2. The topological polar surface area (TPSA) is 98.3 Å². The highest BCUT2D eigenvalue weighted by molar-refractivity contribution is 6.30. The number of phenolic OH excluding ortho intramolecular Hbond substituents is 1. The van der Waals surface area contributed by atoms with Crippen LogP contribution in [0.2, 0.25) is 5.02 Å². The van der Waals surface area contributed by atoms with E-state index in [1.54, 1.807) is 6.92 Å². The Labute approximate surface area is 112 Å². The normalized spacial score (nSPS) is 11.1. The first-order valence-electron chi connectivity index (χ1n) is 5.33. The van der Waals surface area contributed by atoms with E-state index in [9.17, 15) is 14.7 Å². The van der Waals surface area contributed by atoms with E-state index in [4.69, 9.17) is 11.6 Å². The molecule has 0 spiro atoms. The largest absolute Gasteiger partial charge is 0.507 e. The second-order valence-corrected chi connectivity index (χ2v) is 4.28. The summed E-state index contributed by atoms with van der Waals surface area (Å²) < 4.78 is 0. The number of nitrogens with one attached hydrogen (secondary N) is 2. The molecule has 0 amide bonds. The molecule has 98 valence electrons. The van der Waals surface area contributed by atoms with Crippen LogP contribution in [-0.2, 0) is 0 Å². The Bertz CT molecular complexity index is 762. The standard InChI is InChI=1S/C12H10ClN3O3/c1-6-10(11(18)16-12(19)15-6)14-5-7-4-8(13)2-3-9(7)17/h2-5,17H,1H3,(H2,15,16,18,19)/b14-5+. The number of aryl methyl sites for hydroxylation is 1. The first-order valence-corrected chi connectivity index (χ1v) is 5.71. The van der Waals surface area contributed by atoms with Gasteiger partial charge in [-0.3, -0.25) is 9.78 Å². The second-order valence-electron chi connectivity index (χ2n) is 3.84. The molecule has 0 fully saturated rings. The number of aromatic hydroxyl groups is 1. The maximum Gasteiger partial charge on any atom is 0.326 e. The van der Waals surface area contributed by atoms with E-state index in [0.717, 1.165) is 0 Å². The molecule has 0 atom stereocenters. The number of hydrogen-bond donors (Lipinski definition) is 3. The quantitative estimate of drug-likeness (QED) is 0.726. The molecule has 1 aromatic heterocycles. The van der Waals surface area contributed by atoms with Crippen molar-refractivity contribution in [2.24, 2.45) is 4.99 Å². The van der Waals surface area contributed by atoms with Gasteiger partial charge < -0.3 is 10.1 Å². The van der Waals surface area contributed by atoms with Gasteiger partial charge in [-0.25, -0.2) is 9.79 Å². The van der Waals surface area contributed by atoms with Gasteiger partial charge in [0.25, 0.3) is 5.56 Å². The van der Waals surface area contributed by atoms with Crippen LogP contribution >= 0.6 is 11.6 Å². The average molecular weight is 280 g/mol. The van der Waals surface area contributed by atoms with E-state index in [-0.39, 0.29) is 11.4 Å². The smallest absolute Gasteiger partial charge is 0.326 e. The van der Waals surface area contributed by atoms with Gasteiger partial charge in [0.2, 0.25) is 0 Å². The molecule has 2 rings (SSSR count). The van der Waals surface area contributed by atoms with E-state index in [0.29, 0.717) is 16.3 Å². The number of halogens is 1.